The molecular weight excluding hydrogens is 293 g/mol. The highest BCUT2D eigenvalue weighted by Gasteiger charge is 2.32. The number of rotatable bonds is 5. The molecule has 2 amide bonds. The number of amides is 2. The Kier molecular flexibility index (Phi) is 5.39. The van der Waals surface area contributed by atoms with Crippen LogP contribution in [0.25, 0.3) is 0 Å². The van der Waals surface area contributed by atoms with Crippen molar-refractivity contribution in [3.63, 3.8) is 0 Å². The van der Waals surface area contributed by atoms with Crippen molar-refractivity contribution >= 4 is 17.7 Å². The molecule has 9 heteroatoms. The summed E-state index contributed by atoms with van der Waals surface area (Å²) in [6, 6.07) is 2.84. The Morgan fingerprint density at radius 3 is 2.48 bits per heavy atom. The molecule has 116 valence electrons. The molecule has 1 aromatic carbocycles. The van der Waals surface area contributed by atoms with Crippen molar-refractivity contribution in [3.8, 4) is 5.75 Å². The van der Waals surface area contributed by atoms with Gasteiger partial charge in [0.1, 0.15) is 6.04 Å². The van der Waals surface area contributed by atoms with Crippen LogP contribution >= 0.6 is 0 Å². The van der Waals surface area contributed by atoms with Gasteiger partial charge < -0.3 is 20.5 Å². The summed E-state index contributed by atoms with van der Waals surface area (Å²) in [5.41, 5.74) is -0.229. The number of benzene rings is 1. The lowest BCUT2D eigenvalue weighted by Crippen LogP contribution is -2.42. The summed E-state index contributed by atoms with van der Waals surface area (Å²) in [5, 5.41) is 13.0. The van der Waals surface area contributed by atoms with Gasteiger partial charge in [-0.2, -0.15) is 0 Å². The van der Waals surface area contributed by atoms with Gasteiger partial charge in [0.15, 0.2) is 5.75 Å². The number of para-hydroxylation sites is 2. The average molecular weight is 306 g/mol. The van der Waals surface area contributed by atoms with Crippen LogP contribution in [0.1, 0.15) is 13.3 Å². The van der Waals surface area contributed by atoms with E-state index in [1.54, 1.807) is 6.92 Å². The number of hydrogen-bond donors (Lipinski definition) is 3. The van der Waals surface area contributed by atoms with Crippen molar-refractivity contribution in [3.05, 3.63) is 24.3 Å². The summed E-state index contributed by atoms with van der Waals surface area (Å²) in [7, 11) is 0. The van der Waals surface area contributed by atoms with Gasteiger partial charge in [-0.25, -0.2) is 9.59 Å². The van der Waals surface area contributed by atoms with E-state index in [4.69, 9.17) is 5.11 Å². The molecule has 0 spiro atoms. The normalized spacial score (nSPS) is 12.4. The monoisotopic (exact) mass is 306 g/mol. The Hall–Kier alpha value is -2.45. The number of nitrogens with one attached hydrogen (secondary N) is 2. The molecule has 0 fully saturated rings. The first-order chi connectivity index (χ1) is 9.73. The van der Waals surface area contributed by atoms with Crippen molar-refractivity contribution < 1.29 is 32.6 Å². The molecule has 0 bridgehead atoms. The van der Waals surface area contributed by atoms with E-state index in [-0.39, 0.29) is 12.1 Å². The van der Waals surface area contributed by atoms with E-state index < -0.39 is 30.2 Å². The van der Waals surface area contributed by atoms with Crippen LogP contribution in [0.5, 0.6) is 5.75 Å². The van der Waals surface area contributed by atoms with Gasteiger partial charge in [-0.3, -0.25) is 0 Å². The smallest absolute Gasteiger partial charge is 0.480 e. The number of carboxylic acid groups (broad SMARTS) is 1. The highest BCUT2D eigenvalue weighted by Crippen LogP contribution is 2.29. The molecule has 0 aliphatic rings. The zero-order chi connectivity index (χ0) is 16.0. The largest absolute Gasteiger partial charge is 0.573 e. The van der Waals surface area contributed by atoms with Crippen LogP contribution in [-0.4, -0.2) is 29.5 Å². The number of ether oxygens (including phenoxy) is 1. The van der Waals surface area contributed by atoms with Crippen molar-refractivity contribution in [1.29, 1.82) is 0 Å². The fourth-order valence-electron chi connectivity index (χ4n) is 1.44. The third-order valence-electron chi connectivity index (χ3n) is 2.37. The lowest BCUT2D eigenvalue weighted by atomic mass is 10.2. The molecule has 0 aromatic heterocycles. The van der Waals surface area contributed by atoms with Gasteiger partial charge in [0.2, 0.25) is 0 Å². The number of aliphatic carboxylic acids is 1. The zero-order valence-corrected chi connectivity index (χ0v) is 10.9. The second-order valence-corrected chi connectivity index (χ2v) is 3.94. The summed E-state index contributed by atoms with van der Waals surface area (Å²) in [6.07, 6.45) is -4.77. The molecule has 3 N–H and O–H groups in total. The van der Waals surface area contributed by atoms with Gasteiger partial charge in [0.25, 0.3) is 0 Å². The second kappa shape index (κ2) is 6.82. The molecule has 0 radical (unpaired) electrons. The predicted octanol–water partition coefficient (Wildman–Crippen LogP) is 2.57. The van der Waals surface area contributed by atoms with Gasteiger partial charge in [-0.05, 0) is 18.6 Å². The molecular formula is C12H13F3N2O4. The Labute approximate surface area is 117 Å². The molecule has 6 nitrogen and oxygen atoms in total. The van der Waals surface area contributed by atoms with Crippen LogP contribution in [0.3, 0.4) is 0 Å². The SMILES string of the molecule is CCC(NC(=O)Nc1ccccc1OC(F)(F)F)C(=O)O. The van der Waals surface area contributed by atoms with Crippen molar-refractivity contribution in [2.75, 3.05) is 5.32 Å². The van der Waals surface area contributed by atoms with Gasteiger partial charge in [-0.1, -0.05) is 19.1 Å². The summed E-state index contributed by atoms with van der Waals surface area (Å²) in [5.74, 6) is -1.84. The quantitative estimate of drug-likeness (QED) is 0.780. The van der Waals surface area contributed by atoms with E-state index in [2.05, 4.69) is 15.4 Å². The molecule has 1 rings (SSSR count). The van der Waals surface area contributed by atoms with Gasteiger partial charge >= 0.3 is 18.4 Å². The van der Waals surface area contributed by atoms with E-state index in [1.807, 2.05) is 0 Å². The number of alkyl halides is 3. The van der Waals surface area contributed by atoms with Gasteiger partial charge in [0, 0.05) is 0 Å². The van der Waals surface area contributed by atoms with Crippen LogP contribution in [0, 0.1) is 0 Å². The molecule has 1 unspecified atom stereocenters. The van der Waals surface area contributed by atoms with Crippen LogP contribution in [-0.2, 0) is 4.79 Å². The summed E-state index contributed by atoms with van der Waals surface area (Å²) >= 11 is 0. The number of carbonyl (C=O) groups is 2. The Morgan fingerprint density at radius 2 is 1.95 bits per heavy atom. The molecule has 21 heavy (non-hydrogen) atoms. The third-order valence-corrected chi connectivity index (χ3v) is 2.37. The van der Waals surface area contributed by atoms with E-state index in [0.717, 1.165) is 6.07 Å². The molecule has 1 atom stereocenters. The molecule has 0 saturated heterocycles. The standard InChI is InChI=1S/C12H13F3N2O4/c1-2-7(10(18)19)16-11(20)17-8-5-3-4-6-9(8)21-12(13,14)15/h3-7H,2H2,1H3,(H,18,19)(H2,16,17,20). The van der Waals surface area contributed by atoms with Crippen molar-refractivity contribution in [2.45, 2.75) is 25.7 Å². The first-order valence-corrected chi connectivity index (χ1v) is 5.88. The average Bonchev–Trinajstić information content (AvgIpc) is 2.36. The van der Waals surface area contributed by atoms with Gasteiger partial charge in [-0.15, -0.1) is 13.2 Å². The van der Waals surface area contributed by atoms with E-state index in [1.165, 1.54) is 18.2 Å². The maximum atomic E-state index is 12.2. The van der Waals surface area contributed by atoms with Crippen molar-refractivity contribution in [2.24, 2.45) is 0 Å². The van der Waals surface area contributed by atoms with E-state index in [0.29, 0.717) is 0 Å². The molecule has 0 heterocycles. The first kappa shape index (κ1) is 16.6. The number of halogens is 3. The number of hydrogen-bond acceptors (Lipinski definition) is 3. The molecule has 0 saturated carbocycles. The number of anilines is 1. The number of urea groups is 1. The van der Waals surface area contributed by atoms with E-state index in [9.17, 15) is 22.8 Å². The highest BCUT2D eigenvalue weighted by atomic mass is 19.4. The van der Waals surface area contributed by atoms with Crippen LogP contribution in [0.15, 0.2) is 24.3 Å². The maximum Gasteiger partial charge on any atom is 0.573 e. The second-order valence-electron chi connectivity index (χ2n) is 3.94. The summed E-state index contributed by atoms with van der Waals surface area (Å²) in [4.78, 5) is 22.3. The predicted molar refractivity (Wildman–Crippen MR) is 67.0 cm³/mol. The topological polar surface area (TPSA) is 87.7 Å². The van der Waals surface area contributed by atoms with Gasteiger partial charge in [0.05, 0.1) is 5.69 Å². The molecule has 0 aliphatic carbocycles. The minimum absolute atomic E-state index is 0.128. The molecule has 0 aliphatic heterocycles. The number of carboxylic acids is 1. The first-order valence-electron chi connectivity index (χ1n) is 5.88. The highest BCUT2D eigenvalue weighted by molar-refractivity contribution is 5.93. The van der Waals surface area contributed by atoms with Crippen LogP contribution in [0.4, 0.5) is 23.7 Å². The lowest BCUT2D eigenvalue weighted by molar-refractivity contribution is -0.274. The fraction of sp³-hybridized carbons (Fsp3) is 0.333. The summed E-state index contributed by atoms with van der Waals surface area (Å²) in [6.45, 7) is 1.54. The van der Waals surface area contributed by atoms with E-state index >= 15 is 0 Å². The van der Waals surface area contributed by atoms with Crippen LogP contribution in [0.2, 0.25) is 0 Å². The zero-order valence-electron chi connectivity index (χ0n) is 10.9. The Morgan fingerprint density at radius 1 is 1.33 bits per heavy atom. The minimum atomic E-state index is -4.90. The number of carbonyl (C=O) groups excluding carboxylic acids is 1. The fourth-order valence-corrected chi connectivity index (χ4v) is 1.44. The van der Waals surface area contributed by atoms with Crippen molar-refractivity contribution in [1.82, 2.24) is 5.32 Å². The Balaban J connectivity index is 2.79. The van der Waals surface area contributed by atoms with Crippen LogP contribution < -0.4 is 15.4 Å². The summed E-state index contributed by atoms with van der Waals surface area (Å²) < 4.78 is 40.4. The molecule has 1 aromatic rings. The minimum Gasteiger partial charge on any atom is -0.480 e. The third kappa shape index (κ3) is 5.59. The Bertz CT molecular complexity index is 519. The maximum absolute atomic E-state index is 12.2. The lowest BCUT2D eigenvalue weighted by Gasteiger charge is -2.16.